The first-order valence-electron chi connectivity index (χ1n) is 5.31. The lowest BCUT2D eigenvalue weighted by Crippen LogP contribution is -2.50. The van der Waals surface area contributed by atoms with Gasteiger partial charge in [0, 0.05) is 0 Å². The summed E-state index contributed by atoms with van der Waals surface area (Å²) in [6.45, 7) is 1.37. The molecule has 3 nitrogen and oxygen atoms in total. The lowest BCUT2D eigenvalue weighted by atomic mass is 9.81. The number of benzene rings is 1. The van der Waals surface area contributed by atoms with Crippen molar-refractivity contribution in [1.82, 2.24) is 0 Å². The standard InChI is InChI=1S/C12H14O3S/c1-10(13)12(8-5-9-12)16(14,15)11-6-3-2-4-7-11/h2-4,6-7H,5,8-9H2,1H3. The zero-order valence-electron chi connectivity index (χ0n) is 9.14. The molecule has 2 rings (SSSR count). The Morgan fingerprint density at radius 3 is 2.12 bits per heavy atom. The van der Waals surface area contributed by atoms with E-state index in [0.717, 1.165) is 6.42 Å². The summed E-state index contributed by atoms with van der Waals surface area (Å²) >= 11 is 0. The predicted molar refractivity (Wildman–Crippen MR) is 60.9 cm³/mol. The molecule has 0 radical (unpaired) electrons. The number of hydrogen-bond acceptors (Lipinski definition) is 3. The Bertz CT molecular complexity index is 498. The lowest BCUT2D eigenvalue weighted by molar-refractivity contribution is -0.121. The second kappa shape index (κ2) is 3.70. The molecule has 4 heteroatoms. The lowest BCUT2D eigenvalue weighted by Gasteiger charge is -2.38. The Morgan fingerprint density at radius 1 is 1.19 bits per heavy atom. The largest absolute Gasteiger partial charge is 0.298 e. The minimum absolute atomic E-state index is 0.234. The number of carbonyl (C=O) groups excluding carboxylic acids is 1. The first-order valence-corrected chi connectivity index (χ1v) is 6.80. The van der Waals surface area contributed by atoms with Gasteiger partial charge >= 0.3 is 0 Å². The van der Waals surface area contributed by atoms with E-state index >= 15 is 0 Å². The highest BCUT2D eigenvalue weighted by atomic mass is 32.2. The first-order chi connectivity index (χ1) is 7.51. The van der Waals surface area contributed by atoms with Crippen LogP contribution in [0.2, 0.25) is 0 Å². The van der Waals surface area contributed by atoms with Crippen LogP contribution in [0.1, 0.15) is 26.2 Å². The van der Waals surface area contributed by atoms with Gasteiger partial charge in [0.1, 0.15) is 4.75 Å². The summed E-state index contributed by atoms with van der Waals surface area (Å²) in [6.07, 6.45) is 1.73. The van der Waals surface area contributed by atoms with Crippen molar-refractivity contribution >= 4 is 15.6 Å². The SMILES string of the molecule is CC(=O)C1(S(=O)(=O)c2ccccc2)CCC1. The van der Waals surface area contributed by atoms with Gasteiger partial charge in [0.05, 0.1) is 4.90 Å². The van der Waals surface area contributed by atoms with E-state index in [1.54, 1.807) is 30.3 Å². The molecule has 0 aliphatic heterocycles. The summed E-state index contributed by atoms with van der Waals surface area (Å²) in [6, 6.07) is 8.23. The molecule has 1 aliphatic carbocycles. The molecule has 1 aromatic carbocycles. The van der Waals surface area contributed by atoms with Crippen molar-refractivity contribution in [2.24, 2.45) is 0 Å². The van der Waals surface area contributed by atoms with Crippen molar-refractivity contribution in [1.29, 1.82) is 0 Å². The molecule has 0 spiro atoms. The molecular weight excluding hydrogens is 224 g/mol. The molecule has 1 saturated carbocycles. The highest BCUT2D eigenvalue weighted by molar-refractivity contribution is 7.93. The Balaban J connectivity index is 2.51. The maximum absolute atomic E-state index is 12.4. The third kappa shape index (κ3) is 1.40. The van der Waals surface area contributed by atoms with Crippen LogP contribution in [0.15, 0.2) is 35.2 Å². The predicted octanol–water partition coefficient (Wildman–Crippen LogP) is 1.97. The summed E-state index contributed by atoms with van der Waals surface area (Å²) in [4.78, 5) is 11.8. The highest BCUT2D eigenvalue weighted by Crippen LogP contribution is 2.43. The number of carbonyl (C=O) groups is 1. The molecule has 86 valence electrons. The van der Waals surface area contributed by atoms with Crippen LogP contribution in [-0.2, 0) is 14.6 Å². The quantitative estimate of drug-likeness (QED) is 0.809. The van der Waals surface area contributed by atoms with Gasteiger partial charge in [0.15, 0.2) is 15.6 Å². The zero-order chi connectivity index (χ0) is 11.8. The van der Waals surface area contributed by atoms with Gasteiger partial charge in [-0.05, 0) is 38.3 Å². The maximum Gasteiger partial charge on any atom is 0.191 e. The fourth-order valence-electron chi connectivity index (χ4n) is 2.13. The van der Waals surface area contributed by atoms with Crippen LogP contribution in [0, 0.1) is 0 Å². The molecule has 0 atom stereocenters. The van der Waals surface area contributed by atoms with Crippen LogP contribution < -0.4 is 0 Å². The Hall–Kier alpha value is -1.16. The maximum atomic E-state index is 12.4. The van der Waals surface area contributed by atoms with E-state index < -0.39 is 14.6 Å². The Morgan fingerprint density at radius 2 is 1.75 bits per heavy atom. The third-order valence-corrected chi connectivity index (χ3v) is 5.99. The number of sulfone groups is 1. The average molecular weight is 238 g/mol. The molecule has 0 unspecified atom stereocenters. The van der Waals surface area contributed by atoms with E-state index in [2.05, 4.69) is 0 Å². The minimum atomic E-state index is -3.51. The molecule has 1 fully saturated rings. The molecule has 0 heterocycles. The van der Waals surface area contributed by atoms with Crippen LogP contribution in [-0.4, -0.2) is 18.9 Å². The van der Waals surface area contributed by atoms with Crippen molar-refractivity contribution in [3.05, 3.63) is 30.3 Å². The van der Waals surface area contributed by atoms with Crippen molar-refractivity contribution in [3.63, 3.8) is 0 Å². The van der Waals surface area contributed by atoms with Crippen molar-refractivity contribution < 1.29 is 13.2 Å². The Kier molecular flexibility index (Phi) is 2.62. The number of Topliss-reactive ketones (excluding diaryl/α,β-unsaturated/α-hetero) is 1. The monoisotopic (exact) mass is 238 g/mol. The first kappa shape index (κ1) is 11.3. The van der Waals surface area contributed by atoms with Crippen LogP contribution in [0.3, 0.4) is 0 Å². The summed E-state index contributed by atoms with van der Waals surface area (Å²) in [5.41, 5.74) is 0. The third-order valence-electron chi connectivity index (χ3n) is 3.37. The van der Waals surface area contributed by atoms with Gasteiger partial charge in [0.25, 0.3) is 0 Å². The number of rotatable bonds is 3. The van der Waals surface area contributed by atoms with Gasteiger partial charge in [-0.25, -0.2) is 8.42 Å². The van der Waals surface area contributed by atoms with Gasteiger partial charge in [-0.1, -0.05) is 18.2 Å². The fourth-order valence-corrected chi connectivity index (χ4v) is 4.30. The van der Waals surface area contributed by atoms with Crippen LogP contribution in [0.5, 0.6) is 0 Å². The molecule has 0 saturated heterocycles. The zero-order valence-corrected chi connectivity index (χ0v) is 9.96. The normalized spacial score (nSPS) is 18.8. The van der Waals surface area contributed by atoms with Crippen LogP contribution in [0.25, 0.3) is 0 Å². The van der Waals surface area contributed by atoms with Crippen molar-refractivity contribution in [2.75, 3.05) is 0 Å². The highest BCUT2D eigenvalue weighted by Gasteiger charge is 2.53. The second-order valence-electron chi connectivity index (χ2n) is 4.22. The number of ketones is 1. The van der Waals surface area contributed by atoms with Gasteiger partial charge in [0.2, 0.25) is 0 Å². The Labute approximate surface area is 95.4 Å². The molecule has 16 heavy (non-hydrogen) atoms. The smallest absolute Gasteiger partial charge is 0.191 e. The van der Waals surface area contributed by atoms with E-state index in [0.29, 0.717) is 12.8 Å². The van der Waals surface area contributed by atoms with Gasteiger partial charge in [-0.3, -0.25) is 4.79 Å². The van der Waals surface area contributed by atoms with E-state index in [4.69, 9.17) is 0 Å². The van der Waals surface area contributed by atoms with Crippen molar-refractivity contribution in [3.8, 4) is 0 Å². The minimum Gasteiger partial charge on any atom is -0.298 e. The van der Waals surface area contributed by atoms with E-state index in [-0.39, 0.29) is 10.7 Å². The summed E-state index contributed by atoms with van der Waals surface area (Å²) in [5.74, 6) is -0.234. The van der Waals surface area contributed by atoms with Crippen LogP contribution in [0.4, 0.5) is 0 Å². The molecule has 1 aromatic rings. The molecular formula is C12H14O3S. The van der Waals surface area contributed by atoms with E-state index in [1.165, 1.54) is 6.92 Å². The molecule has 0 N–H and O–H groups in total. The van der Waals surface area contributed by atoms with Gasteiger partial charge in [-0.15, -0.1) is 0 Å². The molecule has 1 aliphatic rings. The summed E-state index contributed by atoms with van der Waals surface area (Å²) in [5, 5.41) is 0. The molecule has 0 amide bonds. The molecule has 0 aromatic heterocycles. The van der Waals surface area contributed by atoms with Gasteiger partial charge < -0.3 is 0 Å². The topological polar surface area (TPSA) is 51.2 Å². The molecule has 0 bridgehead atoms. The number of hydrogen-bond donors (Lipinski definition) is 0. The fraction of sp³-hybridized carbons (Fsp3) is 0.417. The summed E-state index contributed by atoms with van der Waals surface area (Å²) in [7, 11) is -3.51. The van der Waals surface area contributed by atoms with Crippen LogP contribution >= 0.6 is 0 Å². The van der Waals surface area contributed by atoms with E-state index in [1.807, 2.05) is 0 Å². The second-order valence-corrected chi connectivity index (χ2v) is 6.48. The van der Waals surface area contributed by atoms with Crippen molar-refractivity contribution in [2.45, 2.75) is 35.8 Å². The summed E-state index contributed by atoms with van der Waals surface area (Å²) < 4.78 is 23.6. The average Bonchev–Trinajstić information content (AvgIpc) is 2.16. The van der Waals surface area contributed by atoms with E-state index in [9.17, 15) is 13.2 Å². The van der Waals surface area contributed by atoms with Gasteiger partial charge in [-0.2, -0.15) is 0 Å².